The minimum atomic E-state index is -4.89. The van der Waals surface area contributed by atoms with Crippen LogP contribution in [0.4, 0.5) is 18.9 Å². The number of nitrogens with one attached hydrogen (secondary N) is 1. The van der Waals surface area contributed by atoms with E-state index in [1.807, 2.05) is 0 Å². The Hall–Kier alpha value is -3.57. The first-order valence-corrected chi connectivity index (χ1v) is 12.0. The number of ether oxygens (including phenoxy) is 2. The van der Waals surface area contributed by atoms with E-state index < -0.39 is 38.6 Å². The van der Waals surface area contributed by atoms with Gasteiger partial charge in [-0.25, -0.2) is 8.42 Å². The van der Waals surface area contributed by atoms with Gasteiger partial charge < -0.3 is 14.8 Å². The molecule has 2 aliphatic heterocycles. The Balaban J connectivity index is 1.53. The fraction of sp³-hybridized carbons (Fsp3) is 0.208. The third kappa shape index (κ3) is 4.32. The van der Waals surface area contributed by atoms with Gasteiger partial charge in [-0.1, -0.05) is 36.4 Å². The number of carbonyl (C=O) groups is 1. The topological polar surface area (TPSA) is 84.9 Å². The predicted molar refractivity (Wildman–Crippen MR) is 119 cm³/mol. The molecule has 0 spiro atoms. The van der Waals surface area contributed by atoms with Crippen molar-refractivity contribution < 1.29 is 35.9 Å². The van der Waals surface area contributed by atoms with Crippen molar-refractivity contribution in [3.8, 4) is 11.5 Å². The van der Waals surface area contributed by atoms with Crippen LogP contribution in [0.3, 0.4) is 0 Å². The lowest BCUT2D eigenvalue weighted by Crippen LogP contribution is -2.50. The number of halogens is 3. The molecule has 1 amide bonds. The molecule has 3 aromatic carbocycles. The molecule has 182 valence electrons. The van der Waals surface area contributed by atoms with Crippen molar-refractivity contribution in [2.75, 3.05) is 12.1 Å². The maximum absolute atomic E-state index is 13.7. The van der Waals surface area contributed by atoms with Crippen LogP contribution in [0.25, 0.3) is 0 Å². The average Bonchev–Trinajstić information content (AvgIpc) is 3.30. The average molecular weight is 504 g/mol. The molecule has 3 aromatic rings. The highest BCUT2D eigenvalue weighted by Gasteiger charge is 2.44. The molecule has 0 radical (unpaired) electrons. The predicted octanol–water partition coefficient (Wildman–Crippen LogP) is 4.19. The van der Waals surface area contributed by atoms with Crippen LogP contribution in [0.2, 0.25) is 0 Å². The molecule has 11 heteroatoms. The summed E-state index contributed by atoms with van der Waals surface area (Å²) in [6, 6.07) is 14.3. The van der Waals surface area contributed by atoms with Gasteiger partial charge >= 0.3 is 6.18 Å². The van der Waals surface area contributed by atoms with Gasteiger partial charge in [-0.3, -0.25) is 4.79 Å². The number of fused-ring (bicyclic) bond motifs is 2. The molecule has 5 rings (SSSR count). The monoisotopic (exact) mass is 504 g/mol. The summed E-state index contributed by atoms with van der Waals surface area (Å²) in [5.74, 6) is 0.245. The van der Waals surface area contributed by atoms with Crippen molar-refractivity contribution in [3.63, 3.8) is 0 Å². The Morgan fingerprint density at radius 3 is 2.40 bits per heavy atom. The molecule has 0 saturated carbocycles. The van der Waals surface area contributed by atoms with Crippen molar-refractivity contribution in [2.45, 2.75) is 30.1 Å². The molecule has 1 atom stereocenters. The van der Waals surface area contributed by atoms with Gasteiger partial charge in [-0.15, -0.1) is 0 Å². The summed E-state index contributed by atoms with van der Waals surface area (Å²) >= 11 is 0. The van der Waals surface area contributed by atoms with Gasteiger partial charge in [0.15, 0.2) is 11.5 Å². The first-order valence-electron chi connectivity index (χ1n) is 10.6. The molecule has 7 nitrogen and oxygen atoms in total. The van der Waals surface area contributed by atoms with E-state index in [-0.39, 0.29) is 19.8 Å². The SMILES string of the molecule is O=C(Nc1ccc2c(c1)OCO2)C1Cc2ccccc2CN1S(=O)(=O)c1ccccc1C(F)(F)F. The Kier molecular flexibility index (Phi) is 5.68. The number of anilines is 1. The molecule has 2 heterocycles. The molecule has 1 N–H and O–H groups in total. The molecule has 0 aliphatic carbocycles. The molecule has 0 fully saturated rings. The maximum Gasteiger partial charge on any atom is 0.417 e. The lowest BCUT2D eigenvalue weighted by Gasteiger charge is -2.35. The molecule has 0 aromatic heterocycles. The van der Waals surface area contributed by atoms with Crippen LogP contribution in [-0.2, 0) is 34.0 Å². The number of amides is 1. The molecule has 0 bridgehead atoms. The lowest BCUT2D eigenvalue weighted by molar-refractivity contribution is -0.139. The van der Waals surface area contributed by atoms with Crippen LogP contribution in [-0.4, -0.2) is 31.5 Å². The number of sulfonamides is 1. The van der Waals surface area contributed by atoms with Crippen molar-refractivity contribution >= 4 is 21.6 Å². The number of carbonyl (C=O) groups excluding carboxylic acids is 1. The molecule has 35 heavy (non-hydrogen) atoms. The van der Waals surface area contributed by atoms with E-state index in [1.54, 1.807) is 36.4 Å². The van der Waals surface area contributed by atoms with Crippen molar-refractivity contribution in [1.29, 1.82) is 0 Å². The summed E-state index contributed by atoms with van der Waals surface area (Å²) < 4.78 is 79.5. The Morgan fingerprint density at radius 2 is 1.63 bits per heavy atom. The fourth-order valence-electron chi connectivity index (χ4n) is 4.23. The van der Waals surface area contributed by atoms with E-state index in [2.05, 4.69) is 5.32 Å². The largest absolute Gasteiger partial charge is 0.454 e. The third-order valence-electron chi connectivity index (χ3n) is 5.93. The van der Waals surface area contributed by atoms with E-state index in [0.717, 1.165) is 22.0 Å². The number of hydrogen-bond acceptors (Lipinski definition) is 5. The van der Waals surface area contributed by atoms with Gasteiger partial charge in [0.25, 0.3) is 0 Å². The third-order valence-corrected chi connectivity index (χ3v) is 7.84. The van der Waals surface area contributed by atoms with Gasteiger partial charge in [0.1, 0.15) is 6.04 Å². The Labute approximate surface area is 199 Å². The highest BCUT2D eigenvalue weighted by Crippen LogP contribution is 2.38. The van der Waals surface area contributed by atoms with E-state index in [4.69, 9.17) is 9.47 Å². The molecule has 0 saturated heterocycles. The normalized spacial score (nSPS) is 17.6. The zero-order chi connectivity index (χ0) is 24.8. The molecule has 2 aliphatic rings. The summed E-state index contributed by atoms with van der Waals surface area (Å²) in [4.78, 5) is 12.4. The molecular formula is C24H19F3N2O5S. The van der Waals surface area contributed by atoms with E-state index in [0.29, 0.717) is 28.8 Å². The second kappa shape index (κ2) is 8.58. The minimum Gasteiger partial charge on any atom is -0.454 e. The lowest BCUT2D eigenvalue weighted by atomic mass is 9.95. The van der Waals surface area contributed by atoms with Gasteiger partial charge in [-0.05, 0) is 41.8 Å². The first-order chi connectivity index (χ1) is 16.6. The summed E-state index contributed by atoms with van der Waals surface area (Å²) in [6.07, 6.45) is -4.89. The smallest absolute Gasteiger partial charge is 0.417 e. The molecular weight excluding hydrogens is 485 g/mol. The standard InChI is InChI=1S/C24H19F3N2O5S/c25-24(26,27)18-7-3-4-8-22(18)35(31,32)29-13-16-6-2-1-5-15(16)11-19(29)23(30)28-17-9-10-20-21(12-17)34-14-33-20/h1-10,12,19H,11,13-14H2,(H,28,30). The second-order valence-electron chi connectivity index (χ2n) is 8.09. The second-order valence-corrected chi connectivity index (χ2v) is 9.95. The van der Waals surface area contributed by atoms with Crippen LogP contribution in [0.1, 0.15) is 16.7 Å². The van der Waals surface area contributed by atoms with Gasteiger partial charge in [-0.2, -0.15) is 17.5 Å². The number of alkyl halides is 3. The van der Waals surface area contributed by atoms with Crippen molar-refractivity contribution in [1.82, 2.24) is 4.31 Å². The van der Waals surface area contributed by atoms with Crippen molar-refractivity contribution in [2.24, 2.45) is 0 Å². The number of benzene rings is 3. The zero-order valence-corrected chi connectivity index (χ0v) is 18.9. The van der Waals surface area contributed by atoms with Crippen LogP contribution < -0.4 is 14.8 Å². The van der Waals surface area contributed by atoms with Gasteiger partial charge in [0, 0.05) is 18.3 Å². The zero-order valence-electron chi connectivity index (χ0n) is 18.1. The summed E-state index contributed by atoms with van der Waals surface area (Å²) in [7, 11) is -4.71. The van der Waals surface area contributed by atoms with Crippen LogP contribution in [0.5, 0.6) is 11.5 Å². The first kappa shape index (κ1) is 23.2. The van der Waals surface area contributed by atoms with E-state index >= 15 is 0 Å². The maximum atomic E-state index is 13.7. The van der Waals surface area contributed by atoms with Crippen molar-refractivity contribution in [3.05, 3.63) is 83.4 Å². The highest BCUT2D eigenvalue weighted by atomic mass is 32.2. The fourth-order valence-corrected chi connectivity index (χ4v) is 6.01. The number of nitrogens with zero attached hydrogens (tertiary/aromatic N) is 1. The Morgan fingerprint density at radius 1 is 0.943 bits per heavy atom. The Bertz CT molecular complexity index is 1410. The number of rotatable bonds is 4. The molecule has 1 unspecified atom stereocenters. The van der Waals surface area contributed by atoms with Crippen LogP contribution in [0, 0.1) is 0 Å². The summed E-state index contributed by atoms with van der Waals surface area (Å²) in [5, 5.41) is 2.67. The quantitative estimate of drug-likeness (QED) is 0.576. The highest BCUT2D eigenvalue weighted by molar-refractivity contribution is 7.89. The minimum absolute atomic E-state index is 0.0000265. The van der Waals surface area contributed by atoms with Gasteiger partial charge in [0.2, 0.25) is 22.7 Å². The van der Waals surface area contributed by atoms with Crippen LogP contribution >= 0.6 is 0 Å². The number of hydrogen-bond donors (Lipinski definition) is 1. The van der Waals surface area contributed by atoms with E-state index in [1.165, 1.54) is 12.1 Å². The summed E-state index contributed by atoms with van der Waals surface area (Å²) in [5.41, 5.74) is 0.418. The van der Waals surface area contributed by atoms with Crippen LogP contribution in [0.15, 0.2) is 71.6 Å². The van der Waals surface area contributed by atoms with E-state index in [9.17, 15) is 26.4 Å². The van der Waals surface area contributed by atoms with Gasteiger partial charge in [0.05, 0.1) is 10.5 Å². The summed E-state index contributed by atoms with van der Waals surface area (Å²) in [6.45, 7) is -0.208.